The van der Waals surface area contributed by atoms with Gasteiger partial charge in [-0.3, -0.25) is 10.1 Å². The third kappa shape index (κ3) is 4.71. The summed E-state index contributed by atoms with van der Waals surface area (Å²) in [5, 5.41) is 7.71. The number of sulfone groups is 1. The Morgan fingerprint density at radius 1 is 1.29 bits per heavy atom. The van der Waals surface area contributed by atoms with E-state index >= 15 is 0 Å². The summed E-state index contributed by atoms with van der Waals surface area (Å²) in [6.07, 6.45) is 1.33. The summed E-state index contributed by atoms with van der Waals surface area (Å²) in [6, 6.07) is 5.55. The second-order valence-electron chi connectivity index (χ2n) is 6.04. The minimum absolute atomic E-state index is 0.143. The van der Waals surface area contributed by atoms with E-state index in [0.717, 1.165) is 0 Å². The highest BCUT2D eigenvalue weighted by molar-refractivity contribution is 7.92. The van der Waals surface area contributed by atoms with E-state index in [1.807, 2.05) is 0 Å². The predicted molar refractivity (Wildman–Crippen MR) is 101 cm³/mol. The van der Waals surface area contributed by atoms with Gasteiger partial charge in [-0.05, 0) is 25.0 Å². The molecule has 1 aromatic carbocycles. The Balaban J connectivity index is 1.86. The number of halogens is 2. The van der Waals surface area contributed by atoms with Gasteiger partial charge >= 0.3 is 0 Å². The van der Waals surface area contributed by atoms with Crippen molar-refractivity contribution in [1.29, 1.82) is 0 Å². The Labute approximate surface area is 164 Å². The highest BCUT2D eigenvalue weighted by Gasteiger charge is 2.36. The maximum atomic E-state index is 12.7. The van der Waals surface area contributed by atoms with Crippen molar-refractivity contribution in [2.75, 3.05) is 18.7 Å². The van der Waals surface area contributed by atoms with Crippen molar-refractivity contribution in [3.05, 3.63) is 41.4 Å². The fourth-order valence-corrected chi connectivity index (χ4v) is 4.45. The van der Waals surface area contributed by atoms with E-state index < -0.39 is 35.2 Å². The number of rotatable bonds is 9. The van der Waals surface area contributed by atoms with Crippen LogP contribution in [0.3, 0.4) is 0 Å². The number of oxime groups is 1. The molecular weight excluding hydrogens is 412 g/mol. The molecule has 0 saturated heterocycles. The van der Waals surface area contributed by atoms with Gasteiger partial charge in [-0.15, -0.1) is 11.3 Å². The lowest BCUT2D eigenvalue weighted by Gasteiger charge is -2.11. The van der Waals surface area contributed by atoms with Crippen LogP contribution in [0, 0.1) is 0 Å². The number of alkyl halides is 2. The average molecular weight is 429 g/mol. The Kier molecular flexibility index (Phi) is 6.35. The lowest BCUT2D eigenvalue weighted by atomic mass is 10.1. The Morgan fingerprint density at radius 2 is 1.96 bits per heavy atom. The molecule has 3 rings (SSSR count). The molecule has 7 nitrogen and oxygen atoms in total. The van der Waals surface area contributed by atoms with E-state index in [1.54, 1.807) is 5.38 Å². The molecule has 0 atom stereocenters. The summed E-state index contributed by atoms with van der Waals surface area (Å²) in [6.45, 7) is -2.22. The molecule has 1 aromatic heterocycles. The molecule has 1 aliphatic carbocycles. The van der Waals surface area contributed by atoms with Crippen LogP contribution in [0.4, 0.5) is 13.9 Å². The van der Waals surface area contributed by atoms with E-state index in [1.165, 1.54) is 41.8 Å². The molecule has 0 unspecified atom stereocenters. The summed E-state index contributed by atoms with van der Waals surface area (Å²) in [7, 11) is -3.38. The maximum absolute atomic E-state index is 12.7. The van der Waals surface area contributed by atoms with Gasteiger partial charge < -0.3 is 4.84 Å². The number of aromatic nitrogens is 1. The zero-order valence-corrected chi connectivity index (χ0v) is 16.2. The third-order valence-electron chi connectivity index (χ3n) is 3.92. The number of benzene rings is 1. The Hall–Kier alpha value is -2.40. The van der Waals surface area contributed by atoms with Gasteiger partial charge in [0.05, 0.1) is 10.1 Å². The minimum Gasteiger partial charge on any atom is -0.386 e. The fourth-order valence-electron chi connectivity index (χ4n) is 2.26. The van der Waals surface area contributed by atoms with E-state index in [2.05, 4.69) is 15.5 Å². The summed E-state index contributed by atoms with van der Waals surface area (Å²) < 4.78 is 49.9. The zero-order valence-electron chi connectivity index (χ0n) is 14.5. The minimum atomic E-state index is -3.38. The average Bonchev–Trinajstić information content (AvgIpc) is 3.45. The monoisotopic (exact) mass is 429 g/mol. The van der Waals surface area contributed by atoms with Crippen LogP contribution in [-0.4, -0.2) is 49.7 Å². The molecule has 150 valence electrons. The first-order valence-corrected chi connectivity index (χ1v) is 10.8. The maximum Gasteiger partial charge on any atom is 0.280 e. The van der Waals surface area contributed by atoms with Crippen LogP contribution in [-0.2, 0) is 19.5 Å². The first-order valence-electron chi connectivity index (χ1n) is 8.36. The molecule has 0 spiro atoms. The summed E-state index contributed by atoms with van der Waals surface area (Å²) in [5.41, 5.74) is -0.0160. The smallest absolute Gasteiger partial charge is 0.280 e. The number of hydrogen-bond acceptors (Lipinski definition) is 7. The lowest BCUT2D eigenvalue weighted by molar-refractivity contribution is -0.110. The normalized spacial score (nSPS) is 14.9. The highest BCUT2D eigenvalue weighted by Crippen LogP contribution is 2.33. The van der Waals surface area contributed by atoms with Gasteiger partial charge in [0, 0.05) is 17.1 Å². The molecule has 11 heteroatoms. The second kappa shape index (κ2) is 8.74. The number of amides is 1. The van der Waals surface area contributed by atoms with Crippen LogP contribution in [0.15, 0.2) is 45.9 Å². The van der Waals surface area contributed by atoms with Crippen molar-refractivity contribution < 1.29 is 26.8 Å². The van der Waals surface area contributed by atoms with E-state index in [9.17, 15) is 22.0 Å². The van der Waals surface area contributed by atoms with Crippen molar-refractivity contribution in [2.24, 2.45) is 5.16 Å². The number of hydrogen-bond donors (Lipinski definition) is 1. The molecular formula is C17H17F2N3O4S2. The first kappa shape index (κ1) is 20.3. The zero-order chi connectivity index (χ0) is 20.1. The van der Waals surface area contributed by atoms with Crippen LogP contribution in [0.25, 0.3) is 0 Å². The van der Waals surface area contributed by atoms with Crippen molar-refractivity contribution in [3.8, 4) is 0 Å². The highest BCUT2D eigenvalue weighted by atomic mass is 32.2. The fraction of sp³-hybridized carbons (Fsp3) is 0.353. The molecule has 1 fully saturated rings. The van der Waals surface area contributed by atoms with Gasteiger partial charge in [0.15, 0.2) is 26.8 Å². The molecule has 28 heavy (non-hydrogen) atoms. The Bertz CT molecular complexity index is 939. The number of anilines is 1. The molecule has 1 saturated carbocycles. The molecule has 1 aliphatic rings. The number of nitrogens with one attached hydrogen (secondary N) is 1. The molecule has 0 bridgehead atoms. The quantitative estimate of drug-likeness (QED) is 0.488. The van der Waals surface area contributed by atoms with Crippen molar-refractivity contribution >= 4 is 37.9 Å². The van der Waals surface area contributed by atoms with Crippen LogP contribution >= 0.6 is 11.3 Å². The van der Waals surface area contributed by atoms with Gasteiger partial charge in [-0.1, -0.05) is 17.3 Å². The van der Waals surface area contributed by atoms with E-state index in [4.69, 9.17) is 4.84 Å². The lowest BCUT2D eigenvalue weighted by Crippen LogP contribution is -2.26. The summed E-state index contributed by atoms with van der Waals surface area (Å²) in [4.78, 5) is 21.4. The van der Waals surface area contributed by atoms with E-state index in [-0.39, 0.29) is 21.4 Å². The summed E-state index contributed by atoms with van der Waals surface area (Å²) >= 11 is 1.18. The third-order valence-corrected chi connectivity index (χ3v) is 6.89. The number of thiazole rings is 1. The topological polar surface area (TPSA) is 97.7 Å². The van der Waals surface area contributed by atoms with Crippen LogP contribution in [0.2, 0.25) is 0 Å². The van der Waals surface area contributed by atoms with E-state index in [0.29, 0.717) is 18.0 Å². The summed E-state index contributed by atoms with van der Waals surface area (Å²) in [5.74, 6) is -0.704. The number of carbonyl (C=O) groups is 1. The predicted octanol–water partition coefficient (Wildman–Crippen LogP) is 2.75. The van der Waals surface area contributed by atoms with Gasteiger partial charge in [0.2, 0.25) is 0 Å². The van der Waals surface area contributed by atoms with Gasteiger partial charge in [0.25, 0.3) is 5.91 Å². The number of carbonyl (C=O) groups excluding carboxylic acids is 1. The van der Waals surface area contributed by atoms with Crippen LogP contribution < -0.4 is 5.32 Å². The van der Waals surface area contributed by atoms with Gasteiger partial charge in [0.1, 0.15) is 13.3 Å². The van der Waals surface area contributed by atoms with Crippen molar-refractivity contribution in [1.82, 2.24) is 4.98 Å². The largest absolute Gasteiger partial charge is 0.386 e. The molecule has 0 radical (unpaired) electrons. The van der Waals surface area contributed by atoms with Crippen LogP contribution in [0.5, 0.6) is 0 Å². The van der Waals surface area contributed by atoms with Crippen molar-refractivity contribution in [3.63, 3.8) is 0 Å². The van der Waals surface area contributed by atoms with Gasteiger partial charge in [-0.2, -0.15) is 0 Å². The molecule has 2 aromatic rings. The van der Waals surface area contributed by atoms with Gasteiger partial charge in [-0.25, -0.2) is 22.2 Å². The standard InChI is InChI=1S/C17H17F2N3O4S2/c18-9-12(10-19)26-22-15(16(23)21-17-20-7-8-27-17)11-1-3-13(4-2-11)28(24,25)14-5-6-14/h1-4,7-8,12,14H,5-6,9-10H2,(H,20,21,23). The second-order valence-corrected chi connectivity index (χ2v) is 9.16. The SMILES string of the molecule is O=C(Nc1nccs1)C(=NOC(CF)CF)c1ccc(S(=O)(=O)C2CC2)cc1. The first-order chi connectivity index (χ1) is 13.5. The van der Waals surface area contributed by atoms with Crippen molar-refractivity contribution in [2.45, 2.75) is 29.1 Å². The molecule has 1 heterocycles. The number of nitrogens with zero attached hydrogens (tertiary/aromatic N) is 2. The van der Waals surface area contributed by atoms with Crippen LogP contribution in [0.1, 0.15) is 18.4 Å². The molecule has 1 N–H and O–H groups in total. The molecule has 0 aliphatic heterocycles. The molecule has 1 amide bonds. The Morgan fingerprint density at radius 3 is 2.50 bits per heavy atom.